The summed E-state index contributed by atoms with van der Waals surface area (Å²) in [4.78, 5) is 11.8. The van der Waals surface area contributed by atoms with E-state index in [4.69, 9.17) is 9.72 Å². The summed E-state index contributed by atoms with van der Waals surface area (Å²) < 4.78 is 8.20. The van der Waals surface area contributed by atoms with Crippen LogP contribution < -0.4 is 0 Å². The number of ether oxygens (including phenoxy) is 1. The van der Waals surface area contributed by atoms with Crippen molar-refractivity contribution >= 4 is 0 Å². The van der Waals surface area contributed by atoms with Gasteiger partial charge in [-0.05, 0) is 44.2 Å². The van der Waals surface area contributed by atoms with E-state index in [1.54, 1.807) is 0 Å². The van der Waals surface area contributed by atoms with Crippen molar-refractivity contribution in [3.05, 3.63) is 47.3 Å². The zero-order valence-corrected chi connectivity index (χ0v) is 15.3. The number of hydrogen-bond donors (Lipinski definition) is 0. The molecule has 0 N–H and O–H groups in total. The third kappa shape index (κ3) is 3.77. The van der Waals surface area contributed by atoms with Crippen LogP contribution in [-0.2, 0) is 24.2 Å². The van der Waals surface area contributed by atoms with E-state index in [1.165, 1.54) is 35.6 Å². The summed E-state index contributed by atoms with van der Waals surface area (Å²) in [5.41, 5.74) is 3.74. The molecule has 4 rings (SSSR count). The molecule has 5 heteroatoms. The summed E-state index contributed by atoms with van der Waals surface area (Å²) in [5, 5.41) is 0. The van der Waals surface area contributed by atoms with Crippen molar-refractivity contribution in [1.82, 2.24) is 19.4 Å². The molecule has 5 nitrogen and oxygen atoms in total. The molecule has 0 spiro atoms. The fraction of sp³-hybridized carbons (Fsp3) is 0.600. The molecule has 25 heavy (non-hydrogen) atoms. The van der Waals surface area contributed by atoms with Gasteiger partial charge in [0.2, 0.25) is 0 Å². The maximum Gasteiger partial charge on any atom is 0.126 e. The van der Waals surface area contributed by atoms with Crippen LogP contribution in [0.2, 0.25) is 0 Å². The molecule has 1 aliphatic carbocycles. The number of imidazole rings is 1. The van der Waals surface area contributed by atoms with Gasteiger partial charge in [-0.2, -0.15) is 0 Å². The normalized spacial score (nSPS) is 20.6. The first-order chi connectivity index (χ1) is 12.2. The molecule has 2 aromatic rings. The molecule has 0 radical (unpaired) electrons. The van der Waals surface area contributed by atoms with E-state index in [-0.39, 0.29) is 0 Å². The molecule has 1 aliphatic heterocycles. The van der Waals surface area contributed by atoms with Gasteiger partial charge < -0.3 is 9.30 Å². The van der Waals surface area contributed by atoms with Gasteiger partial charge in [-0.3, -0.25) is 9.88 Å². The van der Waals surface area contributed by atoms with Crippen LogP contribution in [0.1, 0.15) is 48.6 Å². The van der Waals surface area contributed by atoms with Crippen LogP contribution in [0.4, 0.5) is 0 Å². The van der Waals surface area contributed by atoms with Gasteiger partial charge in [0, 0.05) is 50.7 Å². The predicted octanol–water partition coefficient (Wildman–Crippen LogP) is 3.13. The number of aromatic nitrogens is 3. The van der Waals surface area contributed by atoms with Gasteiger partial charge in [-0.15, -0.1) is 0 Å². The summed E-state index contributed by atoms with van der Waals surface area (Å²) in [7, 11) is 0. The molecule has 134 valence electrons. The lowest BCUT2D eigenvalue weighted by atomic mass is 10.1. The summed E-state index contributed by atoms with van der Waals surface area (Å²) in [6.45, 7) is 9.07. The van der Waals surface area contributed by atoms with E-state index in [0.29, 0.717) is 6.04 Å². The highest BCUT2D eigenvalue weighted by atomic mass is 16.5. The average molecular weight is 340 g/mol. The van der Waals surface area contributed by atoms with E-state index >= 15 is 0 Å². The Morgan fingerprint density at radius 2 is 2.12 bits per heavy atom. The van der Waals surface area contributed by atoms with Crippen molar-refractivity contribution in [2.24, 2.45) is 5.92 Å². The second-order valence-electron chi connectivity index (χ2n) is 7.44. The number of nitrogens with zero attached hydrogens (tertiary/aromatic N) is 4. The lowest BCUT2D eigenvalue weighted by molar-refractivity contribution is 0.124. The number of rotatable bonds is 7. The van der Waals surface area contributed by atoms with Crippen molar-refractivity contribution in [2.45, 2.75) is 52.2 Å². The Balaban J connectivity index is 1.38. The first-order valence-corrected chi connectivity index (χ1v) is 9.49. The largest absolute Gasteiger partial charge is 0.381 e. The van der Waals surface area contributed by atoms with Crippen LogP contribution in [-0.4, -0.2) is 39.2 Å². The van der Waals surface area contributed by atoms with Gasteiger partial charge in [0.15, 0.2) is 0 Å². The van der Waals surface area contributed by atoms with Crippen molar-refractivity contribution < 1.29 is 4.74 Å². The van der Waals surface area contributed by atoms with Gasteiger partial charge >= 0.3 is 0 Å². The molecule has 2 aliphatic rings. The maximum atomic E-state index is 5.80. The summed E-state index contributed by atoms with van der Waals surface area (Å²) in [6, 6.07) is 4.46. The number of pyridine rings is 1. The quantitative estimate of drug-likeness (QED) is 0.726. The van der Waals surface area contributed by atoms with Crippen molar-refractivity contribution in [1.29, 1.82) is 0 Å². The number of hydrogen-bond acceptors (Lipinski definition) is 4. The number of fused-ring (bicyclic) bond motifs is 1. The van der Waals surface area contributed by atoms with Gasteiger partial charge in [-0.25, -0.2) is 4.98 Å². The minimum atomic E-state index is 0.316. The Bertz CT molecular complexity index is 722. The molecular weight excluding hydrogens is 312 g/mol. The van der Waals surface area contributed by atoms with Crippen LogP contribution in [0.25, 0.3) is 0 Å². The highest BCUT2D eigenvalue weighted by molar-refractivity contribution is 5.18. The monoisotopic (exact) mass is 340 g/mol. The lowest BCUT2D eigenvalue weighted by Gasteiger charge is -2.34. The molecule has 1 saturated carbocycles. The van der Waals surface area contributed by atoms with Crippen LogP contribution >= 0.6 is 0 Å². The summed E-state index contributed by atoms with van der Waals surface area (Å²) >= 11 is 0. The highest BCUT2D eigenvalue weighted by Gasteiger charge is 2.27. The summed E-state index contributed by atoms with van der Waals surface area (Å²) in [5.74, 6) is 2.01. The van der Waals surface area contributed by atoms with Crippen LogP contribution in [0.3, 0.4) is 0 Å². The van der Waals surface area contributed by atoms with Crippen LogP contribution in [0.15, 0.2) is 24.5 Å². The second-order valence-corrected chi connectivity index (χ2v) is 7.44. The van der Waals surface area contributed by atoms with E-state index in [2.05, 4.69) is 34.4 Å². The Morgan fingerprint density at radius 3 is 2.92 bits per heavy atom. The fourth-order valence-corrected chi connectivity index (χ4v) is 3.61. The molecule has 3 heterocycles. The zero-order valence-electron chi connectivity index (χ0n) is 15.3. The predicted molar refractivity (Wildman–Crippen MR) is 97.3 cm³/mol. The third-order valence-electron chi connectivity index (χ3n) is 5.53. The average Bonchev–Trinajstić information content (AvgIpc) is 3.35. The Labute approximate surface area is 150 Å². The van der Waals surface area contributed by atoms with E-state index in [0.717, 1.165) is 45.2 Å². The Morgan fingerprint density at radius 1 is 1.24 bits per heavy atom. The molecule has 0 amide bonds. The first-order valence-electron chi connectivity index (χ1n) is 9.49. The number of aryl methyl sites for hydroxylation is 1. The Kier molecular flexibility index (Phi) is 4.86. The first kappa shape index (κ1) is 16.7. The molecular formula is C20H28N4O. The maximum absolute atomic E-state index is 5.80. The minimum absolute atomic E-state index is 0.316. The second kappa shape index (κ2) is 7.26. The van der Waals surface area contributed by atoms with E-state index < -0.39 is 0 Å². The van der Waals surface area contributed by atoms with E-state index in [1.807, 2.05) is 18.5 Å². The molecule has 0 aromatic carbocycles. The van der Waals surface area contributed by atoms with E-state index in [9.17, 15) is 0 Å². The SMILES string of the molecule is Cc1cccnc1CN1CCn2c(CCOCC3CC3)cnc2[C@@H]1C. The van der Waals surface area contributed by atoms with Crippen molar-refractivity contribution in [3.63, 3.8) is 0 Å². The van der Waals surface area contributed by atoms with Gasteiger partial charge in [0.25, 0.3) is 0 Å². The Hall–Kier alpha value is -1.72. The van der Waals surface area contributed by atoms with Crippen molar-refractivity contribution in [2.75, 3.05) is 19.8 Å². The molecule has 1 fully saturated rings. The fourth-order valence-electron chi connectivity index (χ4n) is 3.61. The molecule has 2 aromatic heterocycles. The van der Waals surface area contributed by atoms with Gasteiger partial charge in [0.1, 0.15) is 5.82 Å². The van der Waals surface area contributed by atoms with Crippen LogP contribution in [0.5, 0.6) is 0 Å². The molecule has 0 saturated heterocycles. The third-order valence-corrected chi connectivity index (χ3v) is 5.53. The van der Waals surface area contributed by atoms with Gasteiger partial charge in [0.05, 0.1) is 18.3 Å². The molecule has 0 bridgehead atoms. The molecule has 0 unspecified atom stereocenters. The summed E-state index contributed by atoms with van der Waals surface area (Å²) in [6.07, 6.45) is 7.60. The van der Waals surface area contributed by atoms with Crippen molar-refractivity contribution in [3.8, 4) is 0 Å². The smallest absolute Gasteiger partial charge is 0.126 e. The van der Waals surface area contributed by atoms with Crippen LogP contribution in [0, 0.1) is 12.8 Å². The standard InChI is InChI=1S/C20H28N4O/c1-15-4-3-8-21-19(15)13-23-9-10-24-18(12-22-20(24)16(23)2)7-11-25-14-17-5-6-17/h3-4,8,12,16-17H,5-7,9-11,13-14H2,1-2H3/t16-/m0/s1. The highest BCUT2D eigenvalue weighted by Crippen LogP contribution is 2.29. The zero-order chi connectivity index (χ0) is 17.2. The van der Waals surface area contributed by atoms with Gasteiger partial charge in [-0.1, -0.05) is 6.07 Å². The topological polar surface area (TPSA) is 43.2 Å². The molecule has 1 atom stereocenters. The lowest BCUT2D eigenvalue weighted by Crippen LogP contribution is -2.37. The minimum Gasteiger partial charge on any atom is -0.381 e.